The predicted molar refractivity (Wildman–Crippen MR) is 79.9 cm³/mol. The summed E-state index contributed by atoms with van der Waals surface area (Å²) in [5.41, 5.74) is 7.90. The topological polar surface area (TPSA) is 32.5 Å². The average molecular weight is 263 g/mol. The van der Waals surface area contributed by atoms with Crippen LogP contribution in [-0.2, 0) is 0 Å². The lowest BCUT2D eigenvalue weighted by Gasteiger charge is -2.37. The number of anilines is 2. The Morgan fingerprint density at radius 1 is 1.06 bits per heavy atom. The number of hydrogen-bond donors (Lipinski definition) is 1. The molecule has 0 bridgehead atoms. The summed E-state index contributed by atoms with van der Waals surface area (Å²) in [6.45, 7) is 3.63. The Balaban J connectivity index is 1.57. The molecule has 98 valence electrons. The minimum absolute atomic E-state index is 0.794. The molecule has 2 fully saturated rings. The predicted octanol–water partition coefficient (Wildman–Crippen LogP) is 2.59. The summed E-state index contributed by atoms with van der Waals surface area (Å²) in [7, 11) is 0. The molecule has 1 aromatic rings. The first-order chi connectivity index (χ1) is 8.83. The number of piperidine rings is 1. The molecule has 3 rings (SSSR count). The average Bonchev–Trinajstić information content (AvgIpc) is 2.94. The van der Waals surface area contributed by atoms with Gasteiger partial charge in [-0.3, -0.25) is 0 Å². The summed E-state index contributed by atoms with van der Waals surface area (Å²) >= 11 is 2.05. The standard InChI is InChI=1S/C14H21N3S/c15-12-2-4-13(5-3-12)16-9-6-14(7-10-16)17-8-1-11-18-17/h2-5,14H,1,6-11,15H2. The molecule has 2 aliphatic rings. The van der Waals surface area contributed by atoms with Crippen LogP contribution in [0.15, 0.2) is 24.3 Å². The number of nitrogens with two attached hydrogens (primary N) is 1. The molecule has 1 aromatic carbocycles. The van der Waals surface area contributed by atoms with Crippen LogP contribution in [0.5, 0.6) is 0 Å². The Bertz CT molecular complexity index is 379. The third-order valence-corrected chi connectivity index (χ3v) is 5.19. The molecular formula is C14H21N3S. The Morgan fingerprint density at radius 2 is 1.78 bits per heavy atom. The SMILES string of the molecule is Nc1ccc(N2CCC(N3CCCS3)CC2)cc1. The van der Waals surface area contributed by atoms with Gasteiger partial charge >= 0.3 is 0 Å². The van der Waals surface area contributed by atoms with E-state index in [1.807, 2.05) is 24.1 Å². The largest absolute Gasteiger partial charge is 0.399 e. The van der Waals surface area contributed by atoms with Crippen molar-refractivity contribution < 1.29 is 0 Å². The summed E-state index contributed by atoms with van der Waals surface area (Å²) in [4.78, 5) is 2.48. The molecule has 2 saturated heterocycles. The molecule has 2 heterocycles. The monoisotopic (exact) mass is 263 g/mol. The Kier molecular flexibility index (Phi) is 3.66. The van der Waals surface area contributed by atoms with Crippen molar-refractivity contribution in [3.8, 4) is 0 Å². The van der Waals surface area contributed by atoms with Crippen molar-refractivity contribution in [1.82, 2.24) is 4.31 Å². The van der Waals surface area contributed by atoms with Crippen LogP contribution in [0.25, 0.3) is 0 Å². The van der Waals surface area contributed by atoms with Gasteiger partial charge in [0, 0.05) is 42.8 Å². The second kappa shape index (κ2) is 5.41. The highest BCUT2D eigenvalue weighted by molar-refractivity contribution is 7.97. The highest BCUT2D eigenvalue weighted by Crippen LogP contribution is 2.30. The van der Waals surface area contributed by atoms with Gasteiger partial charge in [-0.15, -0.1) is 0 Å². The first-order valence-electron chi connectivity index (χ1n) is 6.83. The van der Waals surface area contributed by atoms with Gasteiger partial charge in [-0.25, -0.2) is 4.31 Å². The van der Waals surface area contributed by atoms with Gasteiger partial charge in [0.25, 0.3) is 0 Å². The summed E-state index contributed by atoms with van der Waals surface area (Å²) in [5.74, 6) is 1.32. The van der Waals surface area contributed by atoms with E-state index in [0.717, 1.165) is 11.7 Å². The van der Waals surface area contributed by atoms with Gasteiger partial charge in [0.05, 0.1) is 0 Å². The first-order valence-corrected chi connectivity index (χ1v) is 7.77. The van der Waals surface area contributed by atoms with Crippen LogP contribution < -0.4 is 10.6 Å². The molecule has 2 aliphatic heterocycles. The fourth-order valence-electron chi connectivity index (χ4n) is 2.85. The number of hydrogen-bond acceptors (Lipinski definition) is 4. The van der Waals surface area contributed by atoms with Crippen LogP contribution in [0.4, 0.5) is 11.4 Å². The quantitative estimate of drug-likeness (QED) is 0.656. The van der Waals surface area contributed by atoms with Crippen LogP contribution >= 0.6 is 11.9 Å². The second-order valence-electron chi connectivity index (χ2n) is 5.14. The van der Waals surface area contributed by atoms with Crippen molar-refractivity contribution in [1.29, 1.82) is 0 Å². The van der Waals surface area contributed by atoms with E-state index < -0.39 is 0 Å². The second-order valence-corrected chi connectivity index (χ2v) is 6.27. The lowest BCUT2D eigenvalue weighted by Crippen LogP contribution is -2.41. The van der Waals surface area contributed by atoms with E-state index in [4.69, 9.17) is 5.73 Å². The van der Waals surface area contributed by atoms with E-state index in [0.29, 0.717) is 0 Å². The van der Waals surface area contributed by atoms with Crippen LogP contribution in [0, 0.1) is 0 Å². The number of nitrogens with zero attached hydrogens (tertiary/aromatic N) is 2. The van der Waals surface area contributed by atoms with E-state index in [-0.39, 0.29) is 0 Å². The van der Waals surface area contributed by atoms with Gasteiger partial charge in [0.15, 0.2) is 0 Å². The van der Waals surface area contributed by atoms with Gasteiger partial charge in [-0.1, -0.05) is 11.9 Å². The van der Waals surface area contributed by atoms with Crippen LogP contribution in [-0.4, -0.2) is 35.7 Å². The zero-order valence-electron chi connectivity index (χ0n) is 10.7. The zero-order valence-corrected chi connectivity index (χ0v) is 11.5. The van der Waals surface area contributed by atoms with Gasteiger partial charge < -0.3 is 10.6 Å². The molecule has 0 radical (unpaired) electrons. The maximum atomic E-state index is 5.73. The summed E-state index contributed by atoms with van der Waals surface area (Å²) < 4.78 is 2.61. The maximum absolute atomic E-state index is 5.73. The van der Waals surface area contributed by atoms with Crippen molar-refractivity contribution in [3.63, 3.8) is 0 Å². The Morgan fingerprint density at radius 3 is 2.39 bits per heavy atom. The van der Waals surface area contributed by atoms with Crippen molar-refractivity contribution in [2.24, 2.45) is 0 Å². The molecule has 3 nitrogen and oxygen atoms in total. The van der Waals surface area contributed by atoms with Crippen molar-refractivity contribution in [2.45, 2.75) is 25.3 Å². The van der Waals surface area contributed by atoms with Gasteiger partial charge in [-0.05, 0) is 43.5 Å². The number of rotatable bonds is 2. The van der Waals surface area contributed by atoms with Crippen LogP contribution in [0.1, 0.15) is 19.3 Å². The van der Waals surface area contributed by atoms with E-state index in [1.54, 1.807) is 0 Å². The first kappa shape index (κ1) is 12.2. The molecule has 0 unspecified atom stereocenters. The third kappa shape index (κ3) is 2.59. The number of nitrogen functional groups attached to an aromatic ring is 1. The van der Waals surface area contributed by atoms with Crippen molar-refractivity contribution in [2.75, 3.05) is 36.0 Å². The summed E-state index contributed by atoms with van der Waals surface area (Å²) in [5, 5.41) is 0. The molecule has 0 amide bonds. The molecule has 2 N–H and O–H groups in total. The number of benzene rings is 1. The van der Waals surface area contributed by atoms with Gasteiger partial charge in [-0.2, -0.15) is 0 Å². The van der Waals surface area contributed by atoms with Crippen molar-refractivity contribution >= 4 is 23.3 Å². The fourth-order valence-corrected chi connectivity index (χ4v) is 4.02. The smallest absolute Gasteiger partial charge is 0.0367 e. The normalized spacial score (nSPS) is 22.6. The van der Waals surface area contributed by atoms with E-state index in [2.05, 4.69) is 21.3 Å². The van der Waals surface area contributed by atoms with E-state index in [9.17, 15) is 0 Å². The van der Waals surface area contributed by atoms with Crippen LogP contribution in [0.3, 0.4) is 0 Å². The van der Waals surface area contributed by atoms with Gasteiger partial charge in [0.2, 0.25) is 0 Å². The maximum Gasteiger partial charge on any atom is 0.0367 e. The summed E-state index contributed by atoms with van der Waals surface area (Å²) in [6, 6.07) is 9.07. The lowest BCUT2D eigenvalue weighted by molar-refractivity contribution is 0.309. The molecule has 0 aromatic heterocycles. The van der Waals surface area contributed by atoms with E-state index >= 15 is 0 Å². The third-order valence-electron chi connectivity index (χ3n) is 3.91. The molecule has 4 heteroatoms. The molecule has 0 aliphatic carbocycles. The Labute approximate surface area is 113 Å². The zero-order chi connectivity index (χ0) is 12.4. The van der Waals surface area contributed by atoms with Crippen molar-refractivity contribution in [3.05, 3.63) is 24.3 Å². The van der Waals surface area contributed by atoms with Gasteiger partial charge in [0.1, 0.15) is 0 Å². The van der Waals surface area contributed by atoms with E-state index in [1.165, 1.54) is 50.3 Å². The molecule has 0 atom stereocenters. The minimum Gasteiger partial charge on any atom is -0.399 e. The molecule has 0 spiro atoms. The Hall–Kier alpha value is -0.870. The summed E-state index contributed by atoms with van der Waals surface area (Å²) in [6.07, 6.45) is 3.94. The molecular weight excluding hydrogens is 242 g/mol. The highest BCUT2D eigenvalue weighted by Gasteiger charge is 2.27. The molecule has 0 saturated carbocycles. The lowest BCUT2D eigenvalue weighted by atomic mass is 10.0. The highest BCUT2D eigenvalue weighted by atomic mass is 32.2. The minimum atomic E-state index is 0.794. The molecule has 18 heavy (non-hydrogen) atoms. The van der Waals surface area contributed by atoms with Crippen LogP contribution in [0.2, 0.25) is 0 Å². The fraction of sp³-hybridized carbons (Fsp3) is 0.571.